The summed E-state index contributed by atoms with van der Waals surface area (Å²) in [5.74, 6) is -0.705. The molecule has 6 heteroatoms. The van der Waals surface area contributed by atoms with Gasteiger partial charge < -0.3 is 15.2 Å². The van der Waals surface area contributed by atoms with Crippen molar-refractivity contribution < 1.29 is 19.4 Å². The van der Waals surface area contributed by atoms with Crippen molar-refractivity contribution in [3.63, 3.8) is 0 Å². The molecule has 2 rings (SSSR count). The summed E-state index contributed by atoms with van der Waals surface area (Å²) in [5.41, 5.74) is 0.702. The maximum atomic E-state index is 11.8. The van der Waals surface area contributed by atoms with E-state index in [4.69, 9.17) is 21.4 Å². The van der Waals surface area contributed by atoms with E-state index in [1.54, 1.807) is 24.3 Å². The van der Waals surface area contributed by atoms with Crippen LogP contribution in [0.3, 0.4) is 0 Å². The van der Waals surface area contributed by atoms with Crippen LogP contribution in [0.4, 0.5) is 5.69 Å². The fraction of sp³-hybridized carbons (Fsp3) is 0.125. The van der Waals surface area contributed by atoms with E-state index >= 15 is 0 Å². The molecule has 0 saturated heterocycles. The molecule has 5 nitrogen and oxygen atoms in total. The highest BCUT2D eigenvalue weighted by atomic mass is 35.5. The molecule has 0 aromatic heterocycles. The highest BCUT2D eigenvalue weighted by Crippen LogP contribution is 2.23. The predicted octanol–water partition coefficient (Wildman–Crippen LogP) is 3.45. The molecule has 0 spiro atoms. The van der Waals surface area contributed by atoms with Crippen LogP contribution in [0.5, 0.6) is 5.75 Å². The number of nitrogens with one attached hydrogen (secondary N) is 1. The molecule has 0 aliphatic rings. The number of carboxylic acids is 1. The van der Waals surface area contributed by atoms with Gasteiger partial charge in [-0.05, 0) is 36.4 Å². The molecule has 2 N–H and O–H groups in total. The van der Waals surface area contributed by atoms with Crippen molar-refractivity contribution >= 4 is 29.2 Å². The number of carbonyl (C=O) groups is 2. The number of ether oxygens (including phenoxy) is 1. The largest absolute Gasteiger partial charge is 0.491 e. The molecule has 0 fully saturated rings. The van der Waals surface area contributed by atoms with Gasteiger partial charge in [-0.25, -0.2) is 4.79 Å². The summed E-state index contributed by atoms with van der Waals surface area (Å²) in [6, 6.07) is 13.0. The Morgan fingerprint density at radius 3 is 2.41 bits per heavy atom. The van der Waals surface area contributed by atoms with Crippen molar-refractivity contribution in [2.45, 2.75) is 6.42 Å². The molecule has 2 aromatic rings. The molecule has 0 saturated carbocycles. The molecule has 0 unspecified atom stereocenters. The van der Waals surface area contributed by atoms with E-state index in [2.05, 4.69) is 5.32 Å². The normalized spacial score (nSPS) is 10.0. The lowest BCUT2D eigenvalue weighted by Gasteiger charge is -2.08. The van der Waals surface area contributed by atoms with Gasteiger partial charge in [-0.3, -0.25) is 4.79 Å². The zero-order chi connectivity index (χ0) is 15.9. The molecule has 0 aliphatic carbocycles. The number of aromatic carboxylic acids is 1. The Bertz CT molecular complexity index is 670. The van der Waals surface area contributed by atoms with E-state index in [1.165, 1.54) is 24.3 Å². The first kappa shape index (κ1) is 15.9. The van der Waals surface area contributed by atoms with Crippen LogP contribution < -0.4 is 10.1 Å². The number of amides is 1. The molecule has 2 aromatic carbocycles. The van der Waals surface area contributed by atoms with Gasteiger partial charge >= 0.3 is 5.97 Å². The molecule has 0 heterocycles. The number of para-hydroxylation sites is 1. The van der Waals surface area contributed by atoms with Gasteiger partial charge in [0.2, 0.25) is 5.91 Å². The van der Waals surface area contributed by atoms with Gasteiger partial charge in [-0.15, -0.1) is 0 Å². The first-order valence-electron chi connectivity index (χ1n) is 6.57. The third kappa shape index (κ3) is 4.49. The Hall–Kier alpha value is -2.53. The molecule has 0 aliphatic heterocycles. The van der Waals surface area contributed by atoms with Gasteiger partial charge in [0.15, 0.2) is 0 Å². The predicted molar refractivity (Wildman–Crippen MR) is 83.6 cm³/mol. The van der Waals surface area contributed by atoms with Crippen molar-refractivity contribution in [2.75, 3.05) is 11.9 Å². The van der Waals surface area contributed by atoms with Crippen LogP contribution >= 0.6 is 11.6 Å². The van der Waals surface area contributed by atoms with Crippen LogP contribution in [0.25, 0.3) is 0 Å². The highest BCUT2D eigenvalue weighted by molar-refractivity contribution is 6.32. The monoisotopic (exact) mass is 319 g/mol. The summed E-state index contributed by atoms with van der Waals surface area (Å²) >= 11 is 5.94. The van der Waals surface area contributed by atoms with Crippen LogP contribution in [-0.4, -0.2) is 23.6 Å². The third-order valence-corrected chi connectivity index (χ3v) is 3.15. The minimum absolute atomic E-state index is 0.159. The molecule has 0 radical (unpaired) electrons. The second-order valence-electron chi connectivity index (χ2n) is 4.46. The van der Waals surface area contributed by atoms with E-state index in [0.717, 1.165) is 0 Å². The second-order valence-corrected chi connectivity index (χ2v) is 4.87. The lowest BCUT2D eigenvalue weighted by atomic mass is 10.2. The SMILES string of the molecule is O=C(CCOc1ccccc1Cl)Nc1ccc(C(=O)O)cc1. The summed E-state index contributed by atoms with van der Waals surface area (Å²) in [4.78, 5) is 22.5. The molecule has 1 amide bonds. The second kappa shape index (κ2) is 7.47. The highest BCUT2D eigenvalue weighted by Gasteiger charge is 2.06. The first-order chi connectivity index (χ1) is 10.6. The minimum atomic E-state index is -1.01. The van der Waals surface area contributed by atoms with Crippen LogP contribution in [0.15, 0.2) is 48.5 Å². The number of anilines is 1. The van der Waals surface area contributed by atoms with E-state index < -0.39 is 5.97 Å². The van der Waals surface area contributed by atoms with Gasteiger partial charge in [0.05, 0.1) is 23.6 Å². The van der Waals surface area contributed by atoms with E-state index in [9.17, 15) is 9.59 Å². The van der Waals surface area contributed by atoms with Gasteiger partial charge in [0.25, 0.3) is 0 Å². The fourth-order valence-corrected chi connectivity index (χ4v) is 1.93. The van der Waals surface area contributed by atoms with Crippen molar-refractivity contribution in [2.24, 2.45) is 0 Å². The number of carbonyl (C=O) groups excluding carboxylic acids is 1. The number of carboxylic acid groups (broad SMARTS) is 1. The number of hydrogen-bond acceptors (Lipinski definition) is 3. The van der Waals surface area contributed by atoms with Crippen molar-refractivity contribution in [3.05, 3.63) is 59.1 Å². The molecule has 114 valence electrons. The first-order valence-corrected chi connectivity index (χ1v) is 6.94. The van der Waals surface area contributed by atoms with Crippen molar-refractivity contribution in [1.82, 2.24) is 0 Å². The fourth-order valence-electron chi connectivity index (χ4n) is 1.74. The summed E-state index contributed by atoms with van der Waals surface area (Å²) in [5, 5.41) is 11.9. The molecule has 22 heavy (non-hydrogen) atoms. The maximum Gasteiger partial charge on any atom is 0.335 e. The van der Waals surface area contributed by atoms with Crippen molar-refractivity contribution in [3.8, 4) is 5.75 Å². The van der Waals surface area contributed by atoms with Crippen LogP contribution in [0, 0.1) is 0 Å². The number of hydrogen-bond donors (Lipinski definition) is 2. The van der Waals surface area contributed by atoms with Gasteiger partial charge in [0.1, 0.15) is 5.75 Å². The smallest absolute Gasteiger partial charge is 0.335 e. The van der Waals surface area contributed by atoms with E-state index in [0.29, 0.717) is 16.5 Å². The summed E-state index contributed by atoms with van der Waals surface area (Å²) in [6.07, 6.45) is 0.159. The quantitative estimate of drug-likeness (QED) is 0.855. The maximum absolute atomic E-state index is 11.8. The van der Waals surface area contributed by atoms with Crippen LogP contribution in [-0.2, 0) is 4.79 Å². The Kier molecular flexibility index (Phi) is 5.38. The average Bonchev–Trinajstić information content (AvgIpc) is 2.50. The molecule has 0 bridgehead atoms. The van der Waals surface area contributed by atoms with Gasteiger partial charge in [-0.2, -0.15) is 0 Å². The van der Waals surface area contributed by atoms with Gasteiger partial charge in [-0.1, -0.05) is 23.7 Å². The summed E-state index contributed by atoms with van der Waals surface area (Å²) < 4.78 is 5.43. The van der Waals surface area contributed by atoms with E-state index in [1.807, 2.05) is 0 Å². The molecule has 0 atom stereocenters. The number of halogens is 1. The summed E-state index contributed by atoms with van der Waals surface area (Å²) in [7, 11) is 0. The summed E-state index contributed by atoms with van der Waals surface area (Å²) in [6.45, 7) is 0.197. The van der Waals surface area contributed by atoms with Crippen LogP contribution in [0.1, 0.15) is 16.8 Å². The number of rotatable bonds is 6. The zero-order valence-corrected chi connectivity index (χ0v) is 12.3. The average molecular weight is 320 g/mol. The molecular weight excluding hydrogens is 306 g/mol. The number of benzene rings is 2. The molecular formula is C16H14ClNO4. The Morgan fingerprint density at radius 1 is 1.09 bits per heavy atom. The Labute approximate surface area is 132 Å². The Balaban J connectivity index is 1.80. The lowest BCUT2D eigenvalue weighted by molar-refractivity contribution is -0.116. The Morgan fingerprint density at radius 2 is 1.77 bits per heavy atom. The zero-order valence-electron chi connectivity index (χ0n) is 11.6. The minimum Gasteiger partial charge on any atom is -0.491 e. The standard InChI is InChI=1S/C16H14ClNO4/c17-13-3-1-2-4-14(13)22-10-9-15(19)18-12-7-5-11(6-8-12)16(20)21/h1-8H,9-10H2,(H,18,19)(H,20,21). The van der Waals surface area contributed by atoms with Crippen LogP contribution in [0.2, 0.25) is 5.02 Å². The van der Waals surface area contributed by atoms with Crippen molar-refractivity contribution in [1.29, 1.82) is 0 Å². The van der Waals surface area contributed by atoms with E-state index in [-0.39, 0.29) is 24.5 Å². The lowest BCUT2D eigenvalue weighted by Crippen LogP contribution is -2.15. The van der Waals surface area contributed by atoms with Gasteiger partial charge in [0, 0.05) is 5.69 Å². The third-order valence-electron chi connectivity index (χ3n) is 2.84. The topological polar surface area (TPSA) is 75.6 Å².